The van der Waals surface area contributed by atoms with E-state index in [1.165, 1.54) is 4.88 Å². The Bertz CT molecular complexity index is 1050. The number of amides is 1. The van der Waals surface area contributed by atoms with Crippen molar-refractivity contribution in [2.45, 2.75) is 56.3 Å². The second kappa shape index (κ2) is 6.33. The van der Waals surface area contributed by atoms with Crippen molar-refractivity contribution in [3.63, 3.8) is 0 Å². The maximum absolute atomic E-state index is 13.9. The molecule has 7 heteroatoms. The first-order chi connectivity index (χ1) is 15.2. The normalized spacial score (nSPS) is 47.8. The lowest BCUT2D eigenvalue weighted by molar-refractivity contribution is -0.160. The first kappa shape index (κ1) is 20.6. The van der Waals surface area contributed by atoms with Gasteiger partial charge < -0.3 is 20.3 Å². The highest BCUT2D eigenvalue weighted by Gasteiger charge is 2.83. The van der Waals surface area contributed by atoms with Crippen LogP contribution in [0.4, 0.5) is 0 Å². The molecule has 1 aromatic heterocycles. The molecule has 1 saturated heterocycles. The summed E-state index contributed by atoms with van der Waals surface area (Å²) in [6, 6.07) is 4.05. The Balaban J connectivity index is 1.42. The van der Waals surface area contributed by atoms with Gasteiger partial charge in [-0.2, -0.15) is 0 Å². The molecule has 4 bridgehead atoms. The highest BCUT2D eigenvalue weighted by Crippen LogP contribution is 2.77. The van der Waals surface area contributed by atoms with Gasteiger partial charge in [0.2, 0.25) is 5.91 Å². The first-order valence-electron chi connectivity index (χ1n) is 11.5. The van der Waals surface area contributed by atoms with Crippen LogP contribution in [0.3, 0.4) is 0 Å². The molecule has 4 aliphatic carbocycles. The molecule has 6 nitrogen and oxygen atoms in total. The largest absolute Gasteiger partial charge is 0.454 e. The van der Waals surface area contributed by atoms with Crippen LogP contribution in [0.15, 0.2) is 41.8 Å². The Morgan fingerprint density at radius 3 is 3.00 bits per heavy atom. The van der Waals surface area contributed by atoms with Crippen molar-refractivity contribution < 1.29 is 24.5 Å². The minimum absolute atomic E-state index is 0.0814. The number of fused-ring (bicyclic) bond motifs is 1. The number of nitrogens with one attached hydrogen (secondary N) is 1. The zero-order chi connectivity index (χ0) is 22.5. The number of hydrogen-bond donors (Lipinski definition) is 3. The second-order valence-corrected chi connectivity index (χ2v) is 11.8. The van der Waals surface area contributed by atoms with Gasteiger partial charge in [0.15, 0.2) is 0 Å². The zero-order valence-electron chi connectivity index (χ0n) is 18.2. The molecule has 0 radical (unpaired) electrons. The predicted molar refractivity (Wildman–Crippen MR) is 119 cm³/mol. The van der Waals surface area contributed by atoms with E-state index < -0.39 is 45.9 Å². The van der Waals surface area contributed by atoms with E-state index in [4.69, 9.17) is 4.74 Å². The van der Waals surface area contributed by atoms with Crippen LogP contribution in [-0.4, -0.2) is 45.9 Å². The number of aliphatic hydroxyl groups is 2. The van der Waals surface area contributed by atoms with Crippen molar-refractivity contribution in [2.75, 3.05) is 6.54 Å². The van der Waals surface area contributed by atoms with Crippen molar-refractivity contribution in [3.05, 3.63) is 46.7 Å². The van der Waals surface area contributed by atoms with Gasteiger partial charge in [-0.15, -0.1) is 11.3 Å². The summed E-state index contributed by atoms with van der Waals surface area (Å²) in [5, 5.41) is 27.3. The van der Waals surface area contributed by atoms with Crippen molar-refractivity contribution in [3.8, 4) is 0 Å². The van der Waals surface area contributed by atoms with E-state index in [0.717, 1.165) is 12.0 Å². The fourth-order valence-corrected chi connectivity index (χ4v) is 8.74. The van der Waals surface area contributed by atoms with Gasteiger partial charge in [-0.25, -0.2) is 0 Å². The Morgan fingerprint density at radius 2 is 2.25 bits per heavy atom. The Kier molecular flexibility index (Phi) is 4.08. The van der Waals surface area contributed by atoms with Gasteiger partial charge in [-0.05, 0) is 67.5 Å². The lowest BCUT2D eigenvalue weighted by atomic mass is 9.60. The second-order valence-electron chi connectivity index (χ2n) is 10.7. The van der Waals surface area contributed by atoms with Crippen LogP contribution in [0.2, 0.25) is 0 Å². The van der Waals surface area contributed by atoms with Crippen molar-refractivity contribution in [1.29, 1.82) is 0 Å². The third-order valence-electron chi connectivity index (χ3n) is 9.39. The molecule has 1 spiro atoms. The molecule has 1 aromatic rings. The molecule has 4 fully saturated rings. The summed E-state index contributed by atoms with van der Waals surface area (Å²) in [7, 11) is 0. The number of carbonyl (C=O) groups is 2. The van der Waals surface area contributed by atoms with Gasteiger partial charge in [0.05, 0.1) is 17.6 Å². The summed E-state index contributed by atoms with van der Waals surface area (Å²) in [4.78, 5) is 28.2. The molecule has 8 atom stereocenters. The predicted octanol–water partition coefficient (Wildman–Crippen LogP) is 2.36. The van der Waals surface area contributed by atoms with Gasteiger partial charge >= 0.3 is 5.97 Å². The fraction of sp³-hybridized carbons (Fsp3) is 0.600. The van der Waals surface area contributed by atoms with Crippen molar-refractivity contribution in [2.24, 2.45) is 28.6 Å². The Morgan fingerprint density at radius 1 is 1.44 bits per heavy atom. The fourth-order valence-electron chi connectivity index (χ4n) is 8.03. The Labute approximate surface area is 191 Å². The molecule has 170 valence electrons. The molecule has 2 heterocycles. The smallest absolute Gasteiger partial charge is 0.316 e. The summed E-state index contributed by atoms with van der Waals surface area (Å²) < 4.78 is 6.12. The van der Waals surface area contributed by atoms with Gasteiger partial charge in [0.25, 0.3) is 0 Å². The van der Waals surface area contributed by atoms with E-state index in [2.05, 4.69) is 11.9 Å². The summed E-state index contributed by atoms with van der Waals surface area (Å²) in [6.07, 6.45) is 5.50. The molecule has 0 aromatic carbocycles. The van der Waals surface area contributed by atoms with E-state index in [1.54, 1.807) is 24.3 Å². The third-order valence-corrected chi connectivity index (χ3v) is 10.3. The van der Waals surface area contributed by atoms with Crippen LogP contribution in [0.25, 0.3) is 0 Å². The van der Waals surface area contributed by atoms with Gasteiger partial charge in [-0.3, -0.25) is 9.59 Å². The molecule has 3 saturated carbocycles. The number of esters is 1. The number of thiophene rings is 1. The number of rotatable bonds is 4. The van der Waals surface area contributed by atoms with Crippen LogP contribution in [0, 0.1) is 28.6 Å². The summed E-state index contributed by atoms with van der Waals surface area (Å²) >= 11 is 1.66. The van der Waals surface area contributed by atoms with Crippen molar-refractivity contribution >= 4 is 23.2 Å². The van der Waals surface area contributed by atoms with E-state index >= 15 is 0 Å². The monoisotopic (exact) mass is 455 g/mol. The van der Waals surface area contributed by atoms with E-state index in [0.29, 0.717) is 32.2 Å². The maximum atomic E-state index is 13.9. The van der Waals surface area contributed by atoms with E-state index in [1.807, 2.05) is 23.6 Å². The highest BCUT2D eigenvalue weighted by atomic mass is 32.1. The molecule has 32 heavy (non-hydrogen) atoms. The lowest BCUT2D eigenvalue weighted by Crippen LogP contribution is -2.52. The van der Waals surface area contributed by atoms with Crippen LogP contribution >= 0.6 is 11.3 Å². The van der Waals surface area contributed by atoms with Crippen LogP contribution < -0.4 is 5.32 Å². The average Bonchev–Trinajstić information content (AvgIpc) is 3.42. The molecule has 5 aliphatic rings. The summed E-state index contributed by atoms with van der Waals surface area (Å²) in [5.41, 5.74) is -2.81. The number of hydrogen-bond acceptors (Lipinski definition) is 6. The minimum Gasteiger partial charge on any atom is -0.454 e. The number of carbonyl (C=O) groups excluding carboxylic acids is 2. The molecule has 6 rings (SSSR count). The van der Waals surface area contributed by atoms with Gasteiger partial charge in [0, 0.05) is 23.3 Å². The van der Waals surface area contributed by atoms with E-state index in [9.17, 15) is 19.8 Å². The van der Waals surface area contributed by atoms with Crippen LogP contribution in [0.5, 0.6) is 0 Å². The maximum Gasteiger partial charge on any atom is 0.316 e. The minimum atomic E-state index is -1.18. The molecular formula is C25H29NO5S. The van der Waals surface area contributed by atoms with Crippen molar-refractivity contribution in [1.82, 2.24) is 5.32 Å². The van der Waals surface area contributed by atoms with Gasteiger partial charge in [-0.1, -0.05) is 18.7 Å². The average molecular weight is 456 g/mol. The number of ether oxygens (including phenoxy) is 1. The van der Waals surface area contributed by atoms with E-state index in [-0.39, 0.29) is 11.8 Å². The van der Waals surface area contributed by atoms with Crippen LogP contribution in [0.1, 0.15) is 37.5 Å². The summed E-state index contributed by atoms with van der Waals surface area (Å²) in [6.45, 7) is 6.43. The first-order valence-corrected chi connectivity index (χ1v) is 12.4. The molecule has 3 N–H and O–H groups in total. The standard InChI is InChI=1S/C25H29NO5S/c1-14-12-23-13-24(14,30)8-5-16(23)25-9-6-17(27)22(2,21(29)31-25)19(25)18(23)20(28)26-10-7-15-4-3-11-32-15/h3-4,6,9,11,16-19,27,30H,1,5,7-8,10,12-13H2,2H3,(H,26,28)/t16-,17+,18-,19-,22+,23+,24+,25-/m1/s1. The quantitative estimate of drug-likeness (QED) is 0.479. The third kappa shape index (κ3) is 2.27. The summed E-state index contributed by atoms with van der Waals surface area (Å²) in [5.74, 6) is -1.63. The zero-order valence-corrected chi connectivity index (χ0v) is 19.0. The molecule has 0 unspecified atom stereocenters. The Hall–Kier alpha value is -1.96. The number of aliphatic hydroxyl groups excluding tert-OH is 1. The van der Waals surface area contributed by atoms with Gasteiger partial charge in [0.1, 0.15) is 11.0 Å². The molecular weight excluding hydrogens is 426 g/mol. The topological polar surface area (TPSA) is 95.9 Å². The highest BCUT2D eigenvalue weighted by molar-refractivity contribution is 7.09. The van der Waals surface area contributed by atoms with Crippen LogP contribution in [-0.2, 0) is 20.7 Å². The SMILES string of the molecule is C=C1C[C@]23C[C@@]1(O)CC[C@H]2[C@@]12C=C[C@H](O)[C@](C)(C(=O)O1)[C@H]2[C@@H]3C(=O)NCCc1cccs1. The lowest BCUT2D eigenvalue weighted by Gasteiger charge is -2.44. The molecule has 1 amide bonds. The molecule has 1 aliphatic heterocycles.